The van der Waals surface area contributed by atoms with Gasteiger partial charge in [-0.05, 0) is 80.9 Å². The van der Waals surface area contributed by atoms with Crippen LogP contribution in [0.2, 0.25) is 0 Å². The Kier molecular flexibility index (Phi) is 7.54. The molecule has 0 unspecified atom stereocenters. The lowest BCUT2D eigenvalue weighted by molar-refractivity contribution is 0.670. The zero-order valence-electron chi connectivity index (χ0n) is 32.0. The highest BCUT2D eigenvalue weighted by Crippen LogP contribution is 2.49. The lowest BCUT2D eigenvalue weighted by Crippen LogP contribution is -2.11. The fraction of sp³-hybridized carbons (Fsp3) is 0. The second kappa shape index (κ2) is 13.4. The summed E-state index contributed by atoms with van der Waals surface area (Å²) >= 11 is 0. The van der Waals surface area contributed by atoms with Gasteiger partial charge in [0, 0.05) is 49.4 Å². The second-order valence-electron chi connectivity index (χ2n) is 15.2. The van der Waals surface area contributed by atoms with Gasteiger partial charge in [0.2, 0.25) is 0 Å². The van der Waals surface area contributed by atoms with Gasteiger partial charge in [0.05, 0.1) is 5.69 Å². The summed E-state index contributed by atoms with van der Waals surface area (Å²) in [4.78, 5) is 2.37. The monoisotopic (exact) mass is 753 g/mol. The van der Waals surface area contributed by atoms with E-state index in [4.69, 9.17) is 8.83 Å². The number of para-hydroxylation sites is 2. The Morgan fingerprint density at radius 2 is 0.814 bits per heavy atom. The Labute approximate surface area is 340 Å². The molecule has 3 nitrogen and oxygen atoms in total. The molecule has 276 valence electrons. The third-order valence-corrected chi connectivity index (χ3v) is 11.9. The van der Waals surface area contributed by atoms with Crippen LogP contribution in [0, 0.1) is 0 Å². The van der Waals surface area contributed by atoms with Crippen molar-refractivity contribution in [2.45, 2.75) is 0 Å². The van der Waals surface area contributed by atoms with Gasteiger partial charge >= 0.3 is 0 Å². The molecule has 0 aliphatic heterocycles. The van der Waals surface area contributed by atoms with Crippen LogP contribution in [-0.4, -0.2) is 0 Å². The smallest absolute Gasteiger partial charge is 0.145 e. The highest BCUT2D eigenvalue weighted by Gasteiger charge is 2.25. The Bertz CT molecular complexity index is 3530. The quantitative estimate of drug-likeness (QED) is 0.158. The van der Waals surface area contributed by atoms with Crippen LogP contribution in [0.25, 0.3) is 98.8 Å². The van der Waals surface area contributed by atoms with Gasteiger partial charge in [-0.15, -0.1) is 0 Å². The van der Waals surface area contributed by atoms with E-state index in [1.54, 1.807) is 0 Å². The molecule has 0 aliphatic rings. The van der Waals surface area contributed by atoms with E-state index in [0.717, 1.165) is 88.6 Å². The molecule has 0 fully saturated rings. The minimum Gasteiger partial charge on any atom is -0.455 e. The van der Waals surface area contributed by atoms with E-state index in [1.165, 1.54) is 27.3 Å². The summed E-state index contributed by atoms with van der Waals surface area (Å²) in [7, 11) is 0. The summed E-state index contributed by atoms with van der Waals surface area (Å²) in [6.07, 6.45) is 0. The van der Waals surface area contributed by atoms with Crippen molar-refractivity contribution in [2.75, 3.05) is 4.90 Å². The number of nitrogens with zero attached hydrogens (tertiary/aromatic N) is 1. The zero-order valence-corrected chi connectivity index (χ0v) is 32.0. The molecule has 0 N–H and O–H groups in total. The van der Waals surface area contributed by atoms with Gasteiger partial charge in [-0.25, -0.2) is 0 Å². The Morgan fingerprint density at radius 1 is 0.288 bits per heavy atom. The highest BCUT2D eigenvalue weighted by molar-refractivity contribution is 6.31. The third-order valence-electron chi connectivity index (χ3n) is 11.9. The number of hydrogen-bond donors (Lipinski definition) is 0. The lowest BCUT2D eigenvalue weighted by atomic mass is 9.94. The largest absolute Gasteiger partial charge is 0.455 e. The molecule has 0 saturated carbocycles. The maximum Gasteiger partial charge on any atom is 0.145 e. The molecule has 2 aromatic heterocycles. The average Bonchev–Trinajstić information content (AvgIpc) is 3.90. The minimum absolute atomic E-state index is 0.865. The van der Waals surface area contributed by atoms with Crippen molar-refractivity contribution < 1.29 is 8.83 Å². The standard InChI is InChI=1S/C56H35NO2/c1-3-14-36(15-4-1)37-26-30-40(31-27-37)57(41-32-28-38(29-33-41)42-23-13-24-48-45-20-11-12-25-51(45)58-54(42)48)50-35-34-49-53-46-21-9-7-18-43(46)44-19-8-10-22-47(44)55(53)59-56(49)52(50)39-16-5-2-6-17-39/h1-35H. The van der Waals surface area contributed by atoms with Crippen molar-refractivity contribution in [3.8, 4) is 33.4 Å². The molecule has 12 rings (SSSR count). The van der Waals surface area contributed by atoms with Crippen molar-refractivity contribution in [1.82, 2.24) is 0 Å². The van der Waals surface area contributed by atoms with E-state index in [-0.39, 0.29) is 0 Å². The van der Waals surface area contributed by atoms with Crippen LogP contribution in [0.3, 0.4) is 0 Å². The van der Waals surface area contributed by atoms with E-state index in [9.17, 15) is 0 Å². The van der Waals surface area contributed by atoms with Gasteiger partial charge in [-0.1, -0.05) is 170 Å². The van der Waals surface area contributed by atoms with Crippen LogP contribution in [0.5, 0.6) is 0 Å². The number of hydrogen-bond acceptors (Lipinski definition) is 3. The zero-order chi connectivity index (χ0) is 38.9. The number of furan rings is 2. The summed E-state index contributed by atoms with van der Waals surface area (Å²) in [6.45, 7) is 0. The first kappa shape index (κ1) is 33.3. The molecule has 0 bridgehead atoms. The molecule has 3 heteroatoms. The summed E-state index contributed by atoms with van der Waals surface area (Å²) in [5, 5.41) is 9.20. The van der Waals surface area contributed by atoms with Crippen LogP contribution in [0.15, 0.2) is 221 Å². The predicted octanol–water partition coefficient (Wildman–Crippen LogP) is 16.3. The topological polar surface area (TPSA) is 29.5 Å². The van der Waals surface area contributed by atoms with E-state index >= 15 is 0 Å². The highest BCUT2D eigenvalue weighted by atomic mass is 16.3. The maximum absolute atomic E-state index is 7.20. The van der Waals surface area contributed by atoms with Crippen LogP contribution < -0.4 is 4.90 Å². The molecule has 0 amide bonds. The van der Waals surface area contributed by atoms with Gasteiger partial charge < -0.3 is 13.7 Å². The van der Waals surface area contributed by atoms with Gasteiger partial charge in [-0.3, -0.25) is 0 Å². The van der Waals surface area contributed by atoms with Gasteiger partial charge in [-0.2, -0.15) is 0 Å². The molecule has 0 saturated heterocycles. The first-order chi connectivity index (χ1) is 29.3. The predicted molar refractivity (Wildman–Crippen MR) is 247 cm³/mol. The second-order valence-corrected chi connectivity index (χ2v) is 15.2. The molecule has 0 radical (unpaired) electrons. The number of anilines is 3. The Balaban J connectivity index is 1.10. The Morgan fingerprint density at radius 3 is 1.53 bits per heavy atom. The molecule has 12 aromatic rings. The Hall–Kier alpha value is -7.88. The molecule has 0 aliphatic carbocycles. The number of benzene rings is 10. The molecule has 10 aromatic carbocycles. The third kappa shape index (κ3) is 5.29. The van der Waals surface area contributed by atoms with Gasteiger partial charge in [0.1, 0.15) is 22.3 Å². The molecule has 0 spiro atoms. The van der Waals surface area contributed by atoms with E-state index in [2.05, 4.69) is 205 Å². The van der Waals surface area contributed by atoms with Crippen molar-refractivity contribution in [1.29, 1.82) is 0 Å². The summed E-state index contributed by atoms with van der Waals surface area (Å²) in [5.74, 6) is 0. The first-order valence-corrected chi connectivity index (χ1v) is 20.1. The first-order valence-electron chi connectivity index (χ1n) is 20.1. The van der Waals surface area contributed by atoms with Crippen molar-refractivity contribution in [3.63, 3.8) is 0 Å². The SMILES string of the molecule is c1ccc(-c2ccc(N(c3ccc(-c4cccc5c4oc4ccccc45)cc3)c3ccc4c(oc5c6ccccc6c6ccccc6c45)c3-c3ccccc3)cc2)cc1. The molecule has 2 heterocycles. The van der Waals surface area contributed by atoms with Gasteiger partial charge in [0.25, 0.3) is 0 Å². The van der Waals surface area contributed by atoms with Crippen LogP contribution >= 0.6 is 0 Å². The fourth-order valence-corrected chi connectivity index (χ4v) is 9.16. The molecular weight excluding hydrogens is 719 g/mol. The normalized spacial score (nSPS) is 11.7. The average molecular weight is 754 g/mol. The number of fused-ring (bicyclic) bond motifs is 11. The molecular formula is C56H35NO2. The van der Waals surface area contributed by atoms with E-state index in [1.807, 2.05) is 12.1 Å². The van der Waals surface area contributed by atoms with E-state index in [0.29, 0.717) is 0 Å². The number of rotatable bonds is 6. The fourth-order valence-electron chi connectivity index (χ4n) is 9.16. The van der Waals surface area contributed by atoms with Crippen LogP contribution in [0.4, 0.5) is 17.1 Å². The lowest BCUT2D eigenvalue weighted by Gasteiger charge is -2.28. The summed E-state index contributed by atoms with van der Waals surface area (Å²) in [6, 6.07) is 75.5. The van der Waals surface area contributed by atoms with Gasteiger partial charge in [0.15, 0.2) is 0 Å². The van der Waals surface area contributed by atoms with Crippen molar-refractivity contribution >= 4 is 82.5 Å². The minimum atomic E-state index is 0.865. The summed E-state index contributed by atoms with van der Waals surface area (Å²) in [5.41, 5.74) is 13.3. The van der Waals surface area contributed by atoms with Crippen molar-refractivity contribution in [3.05, 3.63) is 212 Å². The molecule has 59 heavy (non-hydrogen) atoms. The van der Waals surface area contributed by atoms with E-state index < -0.39 is 0 Å². The summed E-state index contributed by atoms with van der Waals surface area (Å²) < 4.78 is 13.7. The van der Waals surface area contributed by atoms with Crippen LogP contribution in [0.1, 0.15) is 0 Å². The van der Waals surface area contributed by atoms with Crippen molar-refractivity contribution in [2.24, 2.45) is 0 Å². The maximum atomic E-state index is 7.20. The van der Waals surface area contributed by atoms with Crippen LogP contribution in [-0.2, 0) is 0 Å². The molecule has 0 atom stereocenters.